The zero-order valence-corrected chi connectivity index (χ0v) is 12.3. The van der Waals surface area contributed by atoms with Gasteiger partial charge in [0, 0.05) is 5.92 Å². The summed E-state index contributed by atoms with van der Waals surface area (Å²) >= 11 is 0. The van der Waals surface area contributed by atoms with Crippen LogP contribution in [0, 0.1) is 5.92 Å². The molecular weight excluding hydrogens is 306 g/mol. The van der Waals surface area contributed by atoms with Gasteiger partial charge in [0.1, 0.15) is 12.2 Å². The number of phenolic OH excluding ortho intramolecular Hbond substituents is 1. The number of aliphatic hydroxyl groups is 3. The predicted octanol–water partition coefficient (Wildman–Crippen LogP) is -0.951. The lowest BCUT2D eigenvalue weighted by Crippen LogP contribution is -2.64. The monoisotopic (exact) mass is 323 g/mol. The van der Waals surface area contributed by atoms with Crippen LogP contribution in [0.3, 0.4) is 0 Å². The second kappa shape index (κ2) is 4.73. The lowest BCUT2D eigenvalue weighted by Gasteiger charge is -2.48. The van der Waals surface area contributed by atoms with Gasteiger partial charge in [0.15, 0.2) is 11.5 Å². The van der Waals surface area contributed by atoms with Crippen molar-refractivity contribution in [3.05, 3.63) is 17.2 Å². The van der Waals surface area contributed by atoms with Crippen LogP contribution in [0.1, 0.15) is 28.8 Å². The SMILES string of the molecule is CC1C(O)C(O)C(O)C2NC(=O)c3c(cc4c(c3O)OCO4)C12. The maximum atomic E-state index is 12.4. The normalized spacial score (nSPS) is 37.8. The average molecular weight is 323 g/mol. The van der Waals surface area contributed by atoms with Crippen LogP contribution in [0.25, 0.3) is 0 Å². The topological polar surface area (TPSA) is 128 Å². The van der Waals surface area contributed by atoms with Gasteiger partial charge in [-0.25, -0.2) is 0 Å². The smallest absolute Gasteiger partial charge is 0.255 e. The highest BCUT2D eigenvalue weighted by Crippen LogP contribution is 2.51. The van der Waals surface area contributed by atoms with Crippen LogP contribution < -0.4 is 14.8 Å². The molecule has 0 bridgehead atoms. The number of phenols is 1. The summed E-state index contributed by atoms with van der Waals surface area (Å²) in [5.74, 6) is -1.37. The number of hydrogen-bond donors (Lipinski definition) is 5. The highest BCUT2D eigenvalue weighted by Gasteiger charge is 2.52. The molecular formula is C15H17NO7. The lowest BCUT2D eigenvalue weighted by atomic mass is 9.66. The molecule has 1 fully saturated rings. The number of nitrogens with one attached hydrogen (secondary N) is 1. The number of amides is 1. The van der Waals surface area contributed by atoms with Gasteiger partial charge in [0.25, 0.3) is 5.91 Å². The lowest BCUT2D eigenvalue weighted by molar-refractivity contribution is -0.127. The van der Waals surface area contributed by atoms with E-state index in [1.54, 1.807) is 13.0 Å². The van der Waals surface area contributed by atoms with E-state index in [1.807, 2.05) is 0 Å². The molecule has 0 spiro atoms. The maximum absolute atomic E-state index is 12.4. The van der Waals surface area contributed by atoms with Crippen LogP contribution in [0.4, 0.5) is 0 Å². The second-order valence-electron chi connectivity index (χ2n) is 6.28. The van der Waals surface area contributed by atoms with Crippen LogP contribution >= 0.6 is 0 Å². The molecule has 1 aromatic carbocycles. The minimum absolute atomic E-state index is 0.0538. The van der Waals surface area contributed by atoms with Gasteiger partial charge in [-0.3, -0.25) is 4.79 Å². The van der Waals surface area contributed by atoms with Gasteiger partial charge in [-0.15, -0.1) is 0 Å². The first-order valence-corrected chi connectivity index (χ1v) is 7.42. The Labute approximate surface area is 131 Å². The number of hydrogen-bond acceptors (Lipinski definition) is 7. The van der Waals surface area contributed by atoms with Gasteiger partial charge < -0.3 is 35.2 Å². The van der Waals surface area contributed by atoms with Gasteiger partial charge in [-0.1, -0.05) is 6.92 Å². The van der Waals surface area contributed by atoms with Gasteiger partial charge >= 0.3 is 0 Å². The zero-order valence-electron chi connectivity index (χ0n) is 12.3. The number of aliphatic hydroxyl groups excluding tert-OH is 3. The van der Waals surface area contributed by atoms with Crippen molar-refractivity contribution in [1.82, 2.24) is 5.32 Å². The third-order valence-electron chi connectivity index (χ3n) is 5.11. The van der Waals surface area contributed by atoms with E-state index in [-0.39, 0.29) is 23.9 Å². The quantitative estimate of drug-likeness (QED) is 0.416. The number of carbonyl (C=O) groups excluding carboxylic acids is 1. The number of carbonyl (C=O) groups is 1. The Bertz CT molecular complexity index is 691. The van der Waals surface area contributed by atoms with Gasteiger partial charge in [0.2, 0.25) is 12.5 Å². The molecule has 1 amide bonds. The minimum atomic E-state index is -1.35. The fraction of sp³-hybridized carbons (Fsp3) is 0.533. The molecule has 2 heterocycles. The Kier molecular flexibility index (Phi) is 2.99. The number of ether oxygens (including phenoxy) is 2. The van der Waals surface area contributed by atoms with Crippen molar-refractivity contribution < 1.29 is 34.7 Å². The zero-order chi connectivity index (χ0) is 16.5. The summed E-state index contributed by atoms with van der Waals surface area (Å²) < 4.78 is 10.5. The Morgan fingerprint density at radius 2 is 1.91 bits per heavy atom. The van der Waals surface area contributed by atoms with Crippen molar-refractivity contribution >= 4 is 5.91 Å². The molecule has 5 N–H and O–H groups in total. The molecule has 0 radical (unpaired) electrons. The summed E-state index contributed by atoms with van der Waals surface area (Å²) in [5.41, 5.74) is 0.524. The molecule has 8 heteroatoms. The summed E-state index contributed by atoms with van der Waals surface area (Å²) in [6, 6.07) is 0.838. The first-order chi connectivity index (χ1) is 10.9. The molecule has 23 heavy (non-hydrogen) atoms. The molecule has 1 aliphatic carbocycles. The standard InChI is InChI=1S/C15H17NO7/c1-4-7-5-2-6-14(23-3-22-6)11(18)8(5)15(21)16-9(7)12(19)13(20)10(4)17/h2,4,7,9-10,12-13,17-20H,3H2,1H3,(H,16,21). The van der Waals surface area contributed by atoms with Crippen molar-refractivity contribution in [2.45, 2.75) is 37.2 Å². The Morgan fingerprint density at radius 1 is 1.17 bits per heavy atom. The molecule has 1 saturated carbocycles. The highest BCUT2D eigenvalue weighted by atomic mass is 16.7. The summed E-state index contributed by atoms with van der Waals surface area (Å²) in [6.07, 6.45) is -3.81. The van der Waals surface area contributed by atoms with Crippen molar-refractivity contribution in [1.29, 1.82) is 0 Å². The predicted molar refractivity (Wildman–Crippen MR) is 75.4 cm³/mol. The van der Waals surface area contributed by atoms with E-state index >= 15 is 0 Å². The van der Waals surface area contributed by atoms with Crippen LogP contribution in [0.5, 0.6) is 17.2 Å². The van der Waals surface area contributed by atoms with Crippen LogP contribution in [-0.2, 0) is 0 Å². The van der Waals surface area contributed by atoms with E-state index < -0.39 is 42.1 Å². The fourth-order valence-electron chi connectivity index (χ4n) is 3.90. The van der Waals surface area contributed by atoms with Crippen molar-refractivity contribution in [2.24, 2.45) is 5.92 Å². The van der Waals surface area contributed by atoms with Crippen molar-refractivity contribution in [2.75, 3.05) is 6.79 Å². The molecule has 1 aromatic rings. The van der Waals surface area contributed by atoms with Crippen LogP contribution in [-0.4, -0.2) is 57.5 Å². The van der Waals surface area contributed by atoms with Crippen LogP contribution in [0.2, 0.25) is 0 Å². The van der Waals surface area contributed by atoms with Gasteiger partial charge in [-0.05, 0) is 17.5 Å². The molecule has 0 aromatic heterocycles. The third-order valence-corrected chi connectivity index (χ3v) is 5.11. The largest absolute Gasteiger partial charge is 0.504 e. The minimum Gasteiger partial charge on any atom is -0.504 e. The first-order valence-electron chi connectivity index (χ1n) is 7.42. The molecule has 3 aliphatic rings. The summed E-state index contributed by atoms with van der Waals surface area (Å²) in [7, 11) is 0. The summed E-state index contributed by atoms with van der Waals surface area (Å²) in [6.45, 7) is 1.67. The van der Waals surface area contributed by atoms with Gasteiger partial charge in [0.05, 0.1) is 17.7 Å². The van der Waals surface area contributed by atoms with E-state index in [4.69, 9.17) is 9.47 Å². The Hall–Kier alpha value is -2.03. The van der Waals surface area contributed by atoms with Crippen molar-refractivity contribution in [3.8, 4) is 17.2 Å². The average Bonchev–Trinajstić information content (AvgIpc) is 2.99. The summed E-state index contributed by atoms with van der Waals surface area (Å²) in [5, 5.41) is 43.3. The Balaban J connectivity index is 1.91. The Morgan fingerprint density at radius 3 is 2.65 bits per heavy atom. The number of fused-ring (bicyclic) bond motifs is 4. The molecule has 4 rings (SSSR count). The maximum Gasteiger partial charge on any atom is 0.255 e. The molecule has 6 unspecified atom stereocenters. The summed E-state index contributed by atoms with van der Waals surface area (Å²) in [4.78, 5) is 12.4. The highest BCUT2D eigenvalue weighted by molar-refractivity contribution is 6.01. The van der Waals surface area contributed by atoms with E-state index in [0.29, 0.717) is 11.3 Å². The van der Waals surface area contributed by atoms with Gasteiger partial charge in [-0.2, -0.15) is 0 Å². The fourth-order valence-corrected chi connectivity index (χ4v) is 3.90. The van der Waals surface area contributed by atoms with Crippen molar-refractivity contribution in [3.63, 3.8) is 0 Å². The van der Waals surface area contributed by atoms with E-state index in [1.165, 1.54) is 0 Å². The molecule has 8 nitrogen and oxygen atoms in total. The number of rotatable bonds is 0. The third kappa shape index (κ3) is 1.79. The van der Waals surface area contributed by atoms with E-state index in [2.05, 4.69) is 5.32 Å². The van der Waals surface area contributed by atoms with E-state index in [0.717, 1.165) is 0 Å². The molecule has 6 atom stereocenters. The van der Waals surface area contributed by atoms with Crippen LogP contribution in [0.15, 0.2) is 6.07 Å². The first kappa shape index (κ1) is 14.6. The molecule has 124 valence electrons. The molecule has 2 aliphatic heterocycles. The van der Waals surface area contributed by atoms with E-state index in [9.17, 15) is 25.2 Å². The second-order valence-corrected chi connectivity index (χ2v) is 6.28. The number of aromatic hydroxyl groups is 1. The molecule has 0 saturated heterocycles. The number of benzene rings is 1.